The van der Waals surface area contributed by atoms with Crippen molar-refractivity contribution >= 4 is 44.4 Å². The Morgan fingerprint density at radius 2 is 2.06 bits per heavy atom. The number of nitrogens with two attached hydrogens (primary N) is 1. The van der Waals surface area contributed by atoms with Gasteiger partial charge in [0.2, 0.25) is 5.13 Å². The fourth-order valence-corrected chi connectivity index (χ4v) is 2.12. The Morgan fingerprint density at radius 1 is 1.39 bits per heavy atom. The van der Waals surface area contributed by atoms with Gasteiger partial charge in [0.05, 0.1) is 11.8 Å². The van der Waals surface area contributed by atoms with Crippen LogP contribution < -0.4 is 11.2 Å². The Kier molecular flexibility index (Phi) is 3.87. The first-order valence-electron chi connectivity index (χ1n) is 4.71. The quantitative estimate of drug-likeness (QED) is 0.670. The molecule has 2 aromatic rings. The first kappa shape index (κ1) is 12.9. The lowest BCUT2D eigenvalue weighted by Crippen LogP contribution is -1.97. The molecule has 0 aliphatic heterocycles. The highest BCUT2D eigenvalue weighted by atomic mass is 79.9. The number of nitrogens with one attached hydrogen (secondary N) is 1. The van der Waals surface area contributed by atoms with Gasteiger partial charge in [0.1, 0.15) is 17.5 Å². The van der Waals surface area contributed by atoms with Gasteiger partial charge in [0.15, 0.2) is 0 Å². The van der Waals surface area contributed by atoms with Gasteiger partial charge < -0.3 is 5.73 Å². The number of halogens is 3. The SMILES string of the molecule is Nc1csc(NN=Cc2c(F)cc(Br)cc2F)n1. The molecule has 0 bridgehead atoms. The van der Waals surface area contributed by atoms with Crippen LogP contribution in [0.25, 0.3) is 0 Å². The first-order valence-corrected chi connectivity index (χ1v) is 6.38. The Labute approximate surface area is 114 Å². The number of nitrogens with zero attached hydrogens (tertiary/aromatic N) is 2. The molecule has 1 heterocycles. The average Bonchev–Trinajstić information content (AvgIpc) is 2.68. The fraction of sp³-hybridized carbons (Fsp3) is 0. The van der Waals surface area contributed by atoms with Crippen LogP contribution in [0.2, 0.25) is 0 Å². The number of nitrogen functional groups attached to an aromatic ring is 1. The molecule has 1 aromatic carbocycles. The highest BCUT2D eigenvalue weighted by molar-refractivity contribution is 9.10. The molecule has 8 heteroatoms. The molecule has 94 valence electrons. The normalized spacial score (nSPS) is 11.1. The fourth-order valence-electron chi connectivity index (χ4n) is 1.17. The van der Waals surface area contributed by atoms with Crippen LogP contribution in [0.4, 0.5) is 19.7 Å². The van der Waals surface area contributed by atoms with Gasteiger partial charge >= 0.3 is 0 Å². The number of benzene rings is 1. The molecule has 0 saturated carbocycles. The molecule has 0 saturated heterocycles. The lowest BCUT2D eigenvalue weighted by atomic mass is 10.2. The zero-order valence-corrected chi connectivity index (χ0v) is 11.2. The van der Waals surface area contributed by atoms with E-state index in [2.05, 4.69) is 31.4 Å². The van der Waals surface area contributed by atoms with E-state index < -0.39 is 11.6 Å². The van der Waals surface area contributed by atoms with Gasteiger partial charge in [-0.25, -0.2) is 13.8 Å². The standard InChI is InChI=1S/C10H7BrF2N4S/c11-5-1-7(12)6(8(13)2-5)3-15-17-10-16-9(14)4-18-10/h1-4H,14H2,(H,16,17). The van der Waals surface area contributed by atoms with Gasteiger partial charge in [-0.2, -0.15) is 5.10 Å². The molecule has 0 atom stereocenters. The maximum absolute atomic E-state index is 13.4. The summed E-state index contributed by atoms with van der Waals surface area (Å²) in [6, 6.07) is 2.32. The number of aromatic nitrogens is 1. The third-order valence-electron chi connectivity index (χ3n) is 1.92. The highest BCUT2D eigenvalue weighted by Crippen LogP contribution is 2.19. The van der Waals surface area contributed by atoms with Crippen molar-refractivity contribution in [2.24, 2.45) is 5.10 Å². The van der Waals surface area contributed by atoms with Crippen molar-refractivity contribution in [3.05, 3.63) is 39.2 Å². The van der Waals surface area contributed by atoms with Gasteiger partial charge in [-0.15, -0.1) is 11.3 Å². The van der Waals surface area contributed by atoms with Crippen molar-refractivity contribution in [2.75, 3.05) is 11.2 Å². The van der Waals surface area contributed by atoms with E-state index in [4.69, 9.17) is 5.73 Å². The monoisotopic (exact) mass is 332 g/mol. The van der Waals surface area contributed by atoms with Crippen LogP contribution in [-0.2, 0) is 0 Å². The highest BCUT2D eigenvalue weighted by Gasteiger charge is 2.08. The second kappa shape index (κ2) is 5.40. The van der Waals surface area contributed by atoms with E-state index >= 15 is 0 Å². The smallest absolute Gasteiger partial charge is 0.205 e. The van der Waals surface area contributed by atoms with Gasteiger partial charge in [-0.05, 0) is 12.1 Å². The maximum Gasteiger partial charge on any atom is 0.205 e. The minimum atomic E-state index is -0.703. The van der Waals surface area contributed by atoms with Gasteiger partial charge in [-0.1, -0.05) is 15.9 Å². The number of rotatable bonds is 3. The van der Waals surface area contributed by atoms with Crippen LogP contribution in [-0.4, -0.2) is 11.2 Å². The molecule has 0 fully saturated rings. The molecular formula is C10H7BrF2N4S. The largest absolute Gasteiger partial charge is 0.383 e. The third kappa shape index (κ3) is 3.02. The van der Waals surface area contributed by atoms with E-state index in [0.717, 1.165) is 18.3 Å². The second-order valence-corrected chi connectivity index (χ2v) is 5.00. The predicted octanol–water partition coefficient (Wildman–Crippen LogP) is 3.21. The molecule has 0 aliphatic carbocycles. The molecule has 0 amide bonds. The van der Waals surface area contributed by atoms with Crippen LogP contribution in [0, 0.1) is 11.6 Å². The minimum absolute atomic E-state index is 0.227. The molecule has 3 N–H and O–H groups in total. The molecular weight excluding hydrogens is 326 g/mol. The van der Waals surface area contributed by atoms with E-state index in [1.165, 1.54) is 11.3 Å². The van der Waals surface area contributed by atoms with Crippen molar-refractivity contribution < 1.29 is 8.78 Å². The Balaban J connectivity index is 2.14. The summed E-state index contributed by atoms with van der Waals surface area (Å²) in [5.41, 5.74) is 7.72. The number of anilines is 2. The average molecular weight is 333 g/mol. The Hall–Kier alpha value is -1.54. The molecule has 0 unspecified atom stereocenters. The van der Waals surface area contributed by atoms with Gasteiger partial charge in [0.25, 0.3) is 0 Å². The van der Waals surface area contributed by atoms with Crippen molar-refractivity contribution in [2.45, 2.75) is 0 Å². The Bertz CT molecular complexity index is 576. The van der Waals surface area contributed by atoms with Gasteiger partial charge in [0, 0.05) is 9.85 Å². The van der Waals surface area contributed by atoms with Crippen LogP contribution in [0.1, 0.15) is 5.56 Å². The summed E-state index contributed by atoms with van der Waals surface area (Å²) < 4.78 is 27.2. The summed E-state index contributed by atoms with van der Waals surface area (Å²) in [5, 5.41) is 5.77. The van der Waals surface area contributed by atoms with Crippen molar-refractivity contribution in [3.63, 3.8) is 0 Å². The number of hydrogen-bond donors (Lipinski definition) is 2. The zero-order chi connectivity index (χ0) is 13.1. The van der Waals surface area contributed by atoms with Crippen molar-refractivity contribution in [1.29, 1.82) is 0 Å². The topological polar surface area (TPSA) is 63.3 Å². The molecule has 18 heavy (non-hydrogen) atoms. The lowest BCUT2D eigenvalue weighted by molar-refractivity contribution is 0.578. The molecule has 2 rings (SSSR count). The Morgan fingerprint density at radius 3 is 2.61 bits per heavy atom. The summed E-state index contributed by atoms with van der Waals surface area (Å²) >= 11 is 4.23. The van der Waals surface area contributed by atoms with E-state index in [0.29, 0.717) is 15.4 Å². The second-order valence-electron chi connectivity index (χ2n) is 3.23. The summed E-state index contributed by atoms with van der Waals surface area (Å²) in [5.74, 6) is -1.05. The first-order chi connectivity index (χ1) is 8.56. The molecule has 0 radical (unpaired) electrons. The van der Waals surface area contributed by atoms with Crippen LogP contribution >= 0.6 is 27.3 Å². The van der Waals surface area contributed by atoms with Crippen LogP contribution in [0.3, 0.4) is 0 Å². The number of thiazole rings is 1. The van der Waals surface area contributed by atoms with Gasteiger partial charge in [-0.3, -0.25) is 5.43 Å². The summed E-state index contributed by atoms with van der Waals surface area (Å²) in [4.78, 5) is 3.88. The van der Waals surface area contributed by atoms with E-state index in [1.807, 2.05) is 0 Å². The summed E-state index contributed by atoms with van der Waals surface area (Å²) in [6.45, 7) is 0. The molecule has 0 spiro atoms. The maximum atomic E-state index is 13.4. The van der Waals surface area contributed by atoms with Crippen LogP contribution in [0.15, 0.2) is 27.1 Å². The lowest BCUT2D eigenvalue weighted by Gasteiger charge is -2.00. The van der Waals surface area contributed by atoms with Crippen LogP contribution in [0.5, 0.6) is 0 Å². The summed E-state index contributed by atoms with van der Waals surface area (Å²) in [7, 11) is 0. The van der Waals surface area contributed by atoms with Crippen molar-refractivity contribution in [3.8, 4) is 0 Å². The zero-order valence-electron chi connectivity index (χ0n) is 8.82. The van der Waals surface area contributed by atoms with E-state index in [9.17, 15) is 8.78 Å². The minimum Gasteiger partial charge on any atom is -0.383 e. The molecule has 4 nitrogen and oxygen atoms in total. The molecule has 0 aliphatic rings. The predicted molar refractivity (Wildman–Crippen MR) is 71.8 cm³/mol. The third-order valence-corrected chi connectivity index (χ3v) is 3.14. The van der Waals surface area contributed by atoms with Crippen molar-refractivity contribution in [1.82, 2.24) is 4.98 Å². The van der Waals surface area contributed by atoms with E-state index in [1.54, 1.807) is 5.38 Å². The molecule has 1 aromatic heterocycles. The summed E-state index contributed by atoms with van der Waals surface area (Å²) in [6.07, 6.45) is 1.05. The number of hydrogen-bond acceptors (Lipinski definition) is 5. The number of hydrazone groups is 1. The van der Waals surface area contributed by atoms with E-state index in [-0.39, 0.29) is 5.56 Å².